The minimum Gasteiger partial charge on any atom is -0.453 e. The summed E-state index contributed by atoms with van der Waals surface area (Å²) >= 11 is 0. The Balaban J connectivity index is 0.000000630. The number of hydrogen-bond acceptors (Lipinski definition) is 21. The molecule has 0 aliphatic rings. The van der Waals surface area contributed by atoms with E-state index in [0.717, 1.165) is 0 Å². The highest BCUT2D eigenvalue weighted by Gasteiger charge is 2.11. The standard InChI is InChI=1S/C10H14N4O2.C10H13N3O2.3C10H12N2O4.C10H12N2O3.C10H12N2O2/c1-11-9(15)13-7-3-5-8(6-4-7)14-10(16)12-2;1-11-9(14)7-3-5-8(6-4-7)13-10(15)12-2;1-15-9(13)11-7-3-5-8(6-4-7)12-10(14)16-2;1-11-9(13)16-8-5-3-7(4-6-8)12-10(14)15-2;1-11-9(13)15-7-3-5-8(6-4-7)16-10(14)12-2;1-11-9(13)7-3-5-8(6-4-7)15-10(14)12-2;1-11-9(13)7-3-5-8(6-4-7)10(14)12-2/h3-6H,1-2H3,(H2,11,13,15)(H2,12,14,16);3-6H,1-2H3,(H,11,14)(H2,12,13,15);3*3-6H,1-2H3,(H,11,13)(H,12,14);3-6H,1-2H3,(H,11,13)(H,12,14);3-6H,1-2H3,(H,11,13)(H,12,14). The zero-order valence-electron chi connectivity index (χ0n) is 61.2. The van der Waals surface area contributed by atoms with Crippen LogP contribution in [0.5, 0.6) is 23.0 Å². The number of amides is 17. The molecular weight excluding hydrogens is 1410 g/mol. The van der Waals surface area contributed by atoms with E-state index >= 15 is 0 Å². The van der Waals surface area contributed by atoms with Crippen molar-refractivity contribution in [2.75, 3.05) is 131 Å². The lowest BCUT2D eigenvalue weighted by Crippen LogP contribution is -2.25. The van der Waals surface area contributed by atoms with Gasteiger partial charge in [0.15, 0.2) is 0 Å². The van der Waals surface area contributed by atoms with E-state index < -0.39 is 42.7 Å². The Morgan fingerprint density at radius 2 is 0.352 bits per heavy atom. The highest BCUT2D eigenvalue weighted by molar-refractivity contribution is 5.98. The summed E-state index contributed by atoms with van der Waals surface area (Å²) in [6, 6.07) is 44.2. The fourth-order valence-corrected chi connectivity index (χ4v) is 6.91. The van der Waals surface area contributed by atoms with Crippen molar-refractivity contribution in [2.45, 2.75) is 0 Å². The highest BCUT2D eigenvalue weighted by Crippen LogP contribution is 2.20. The van der Waals surface area contributed by atoms with Crippen molar-refractivity contribution >= 4 is 118 Å². The lowest BCUT2D eigenvalue weighted by molar-refractivity contribution is 0.0951. The van der Waals surface area contributed by atoms with Gasteiger partial charge in [0.25, 0.3) is 23.6 Å². The van der Waals surface area contributed by atoms with Crippen molar-refractivity contribution < 1.29 is 100 Å². The summed E-state index contributed by atoms with van der Waals surface area (Å²) in [6.45, 7) is 0. The van der Waals surface area contributed by atoms with Crippen LogP contribution in [-0.4, -0.2) is 183 Å². The minimum absolute atomic E-state index is 0.151. The summed E-state index contributed by atoms with van der Waals surface area (Å²) in [5.41, 5.74) is 5.80. The molecule has 17 N–H and O–H groups in total. The van der Waals surface area contributed by atoms with Crippen molar-refractivity contribution in [1.82, 2.24) is 58.5 Å². The zero-order chi connectivity index (χ0) is 80.9. The molecule has 7 aromatic carbocycles. The maximum atomic E-state index is 11.2. The van der Waals surface area contributed by atoms with Gasteiger partial charge in [-0.15, -0.1) is 0 Å². The summed E-state index contributed by atoms with van der Waals surface area (Å²) in [6.07, 6.45) is -3.85. The number of benzene rings is 7. The van der Waals surface area contributed by atoms with E-state index in [9.17, 15) is 67.1 Å². The average Bonchev–Trinajstić information content (AvgIpc) is 0.858. The van der Waals surface area contributed by atoms with Crippen LogP contribution in [0.15, 0.2) is 170 Å². The van der Waals surface area contributed by atoms with Crippen LogP contribution in [0, 0.1) is 0 Å². The van der Waals surface area contributed by atoms with E-state index in [-0.39, 0.29) is 41.7 Å². The molecule has 0 saturated heterocycles. The van der Waals surface area contributed by atoms with Gasteiger partial charge in [-0.05, 0) is 170 Å². The Morgan fingerprint density at radius 3 is 0.537 bits per heavy atom. The summed E-state index contributed by atoms with van der Waals surface area (Å²) in [5, 5.41) is 41.8. The molecule has 38 heteroatoms. The summed E-state index contributed by atoms with van der Waals surface area (Å²) in [5.74, 6) is 0.855. The largest absolute Gasteiger partial charge is 0.453 e. The van der Waals surface area contributed by atoms with Crippen LogP contribution in [0.25, 0.3) is 0 Å². The average molecular weight is 1500 g/mol. The van der Waals surface area contributed by atoms with E-state index in [4.69, 9.17) is 18.9 Å². The summed E-state index contributed by atoms with van der Waals surface area (Å²) in [7, 11) is 20.6. The van der Waals surface area contributed by atoms with Gasteiger partial charge in [-0.3, -0.25) is 35.1 Å². The van der Waals surface area contributed by atoms with E-state index in [1.807, 2.05) is 0 Å². The first-order valence-corrected chi connectivity index (χ1v) is 31.3. The van der Waals surface area contributed by atoms with E-state index in [1.165, 1.54) is 94.9 Å². The Morgan fingerprint density at radius 1 is 0.194 bits per heavy atom. The van der Waals surface area contributed by atoms with E-state index in [1.54, 1.807) is 174 Å². The lowest BCUT2D eigenvalue weighted by Gasteiger charge is -2.06. The van der Waals surface area contributed by atoms with Crippen LogP contribution >= 0.6 is 0 Å². The second-order valence-electron chi connectivity index (χ2n) is 19.7. The number of urea groups is 3. The Kier molecular flexibility index (Phi) is 44.0. The molecule has 0 spiro atoms. The van der Waals surface area contributed by atoms with Crippen LogP contribution < -0.4 is 109 Å². The van der Waals surface area contributed by atoms with Crippen LogP contribution in [0.2, 0.25) is 0 Å². The van der Waals surface area contributed by atoms with Gasteiger partial charge in [0.1, 0.15) is 23.0 Å². The molecule has 0 bridgehead atoms. The monoisotopic (exact) mass is 1500 g/mol. The molecule has 0 aliphatic heterocycles. The van der Waals surface area contributed by atoms with Crippen molar-refractivity contribution in [1.29, 1.82) is 0 Å². The lowest BCUT2D eigenvalue weighted by atomic mass is 10.1. The third-order valence-corrected chi connectivity index (χ3v) is 12.4. The molecule has 0 heterocycles. The molecule has 17 amide bonds. The molecule has 0 unspecified atom stereocenters. The molecule has 578 valence electrons. The van der Waals surface area contributed by atoms with Gasteiger partial charge in [0.05, 0.1) is 21.3 Å². The molecule has 0 saturated carbocycles. The molecule has 7 aromatic rings. The SMILES string of the molecule is CNC(=O)Nc1ccc(C(=O)NC)cc1.CNC(=O)Nc1ccc(NC(=O)NC)cc1.CNC(=O)Oc1ccc(C(=O)NC)cc1.CNC(=O)Oc1ccc(NC(=O)OC)cc1.CNC(=O)Oc1ccc(OC(=O)NC)cc1.CNC(=O)c1ccc(C(=O)NC)cc1.COC(=O)Nc1ccc(NC(=O)OC)cc1. The number of nitrogens with one attached hydrogen (secondary N) is 17. The van der Waals surface area contributed by atoms with Gasteiger partial charge >= 0.3 is 60.7 Å². The van der Waals surface area contributed by atoms with Crippen LogP contribution in [-0.2, 0) is 14.2 Å². The zero-order valence-corrected chi connectivity index (χ0v) is 61.2. The van der Waals surface area contributed by atoms with Crippen molar-refractivity contribution in [3.05, 3.63) is 192 Å². The predicted molar refractivity (Wildman–Crippen MR) is 401 cm³/mol. The molecule has 0 fully saturated rings. The molecule has 108 heavy (non-hydrogen) atoms. The van der Waals surface area contributed by atoms with Crippen molar-refractivity contribution in [2.24, 2.45) is 0 Å². The maximum Gasteiger partial charge on any atom is 0.412 e. The molecule has 0 atom stereocenters. The number of carbonyl (C=O) groups excluding carboxylic acids is 14. The van der Waals surface area contributed by atoms with Gasteiger partial charge in [0.2, 0.25) is 0 Å². The number of rotatable bonds is 14. The van der Waals surface area contributed by atoms with Crippen LogP contribution in [0.4, 0.5) is 82.1 Å². The number of carbonyl (C=O) groups is 14. The number of methoxy groups -OCH3 is 3. The molecule has 38 nitrogen and oxygen atoms in total. The maximum absolute atomic E-state index is 11.2. The second-order valence-corrected chi connectivity index (χ2v) is 19.7. The predicted octanol–water partition coefficient (Wildman–Crippen LogP) is 7.91. The van der Waals surface area contributed by atoms with E-state index in [0.29, 0.717) is 79.4 Å². The third-order valence-electron chi connectivity index (χ3n) is 12.4. The van der Waals surface area contributed by atoms with Gasteiger partial charge < -0.3 is 108 Å². The van der Waals surface area contributed by atoms with Gasteiger partial charge in [-0.1, -0.05) is 0 Å². The van der Waals surface area contributed by atoms with Gasteiger partial charge in [0, 0.05) is 134 Å². The normalized spacial score (nSPS) is 9.17. The highest BCUT2D eigenvalue weighted by atomic mass is 16.6. The van der Waals surface area contributed by atoms with Gasteiger partial charge in [-0.2, -0.15) is 0 Å². The van der Waals surface area contributed by atoms with Crippen molar-refractivity contribution in [3.8, 4) is 23.0 Å². The fourth-order valence-electron chi connectivity index (χ4n) is 6.91. The molecule has 7 rings (SSSR count). The first-order chi connectivity index (χ1) is 51.6. The molecule has 0 radical (unpaired) electrons. The quantitative estimate of drug-likeness (QED) is 0.0460. The Hall–Kier alpha value is -14.9. The Labute approximate surface area is 620 Å². The first-order valence-electron chi connectivity index (χ1n) is 31.3. The smallest absolute Gasteiger partial charge is 0.412 e. The topological polar surface area (TPSA) is 508 Å². The first kappa shape index (κ1) is 91.1. The van der Waals surface area contributed by atoms with E-state index in [2.05, 4.69) is 105 Å². The molecule has 0 aliphatic carbocycles. The number of ether oxygens (including phenoxy) is 7. The van der Waals surface area contributed by atoms with Crippen LogP contribution in [0.1, 0.15) is 41.4 Å². The molecule has 0 aromatic heterocycles. The third kappa shape index (κ3) is 38.2. The van der Waals surface area contributed by atoms with Crippen LogP contribution in [0.3, 0.4) is 0 Å². The summed E-state index contributed by atoms with van der Waals surface area (Å²) < 4.78 is 32.7. The second kappa shape index (κ2) is 52.1. The van der Waals surface area contributed by atoms with Crippen molar-refractivity contribution in [3.63, 3.8) is 0 Å². The minimum atomic E-state index is -0.556. The summed E-state index contributed by atoms with van der Waals surface area (Å²) in [4.78, 5) is 154. The number of hydrogen-bond donors (Lipinski definition) is 17. The molecular formula is C70H87N17O21. The van der Waals surface area contributed by atoms with Gasteiger partial charge in [-0.25, -0.2) is 47.9 Å². The number of anilines is 6. The fraction of sp³-hybridized carbons (Fsp3) is 0.200. The Bertz CT molecular complexity index is 3470.